The minimum Gasteiger partial charge on any atom is -0.338 e. The van der Waals surface area contributed by atoms with Crippen molar-refractivity contribution in [3.8, 4) is 0 Å². The van der Waals surface area contributed by atoms with Gasteiger partial charge < -0.3 is 9.88 Å². The third-order valence-electron chi connectivity index (χ3n) is 2.99. The molecule has 0 radical (unpaired) electrons. The van der Waals surface area contributed by atoms with Gasteiger partial charge in [0.25, 0.3) is 0 Å². The first-order valence-electron chi connectivity index (χ1n) is 6.18. The summed E-state index contributed by atoms with van der Waals surface area (Å²) < 4.78 is 2.12. The van der Waals surface area contributed by atoms with Crippen LogP contribution in [-0.4, -0.2) is 22.1 Å². The Bertz CT molecular complexity index is 315. The molecule has 1 unspecified atom stereocenters. The number of aryl methyl sites for hydroxylation is 1. The lowest BCUT2D eigenvalue weighted by molar-refractivity contribution is 0.366. The van der Waals surface area contributed by atoms with Crippen molar-refractivity contribution >= 4 is 0 Å². The Morgan fingerprint density at radius 2 is 2.19 bits per heavy atom. The van der Waals surface area contributed by atoms with Gasteiger partial charge in [-0.25, -0.2) is 4.98 Å². The molecule has 1 aromatic rings. The van der Waals surface area contributed by atoms with Gasteiger partial charge in [-0.15, -0.1) is 0 Å². The van der Waals surface area contributed by atoms with Gasteiger partial charge in [0.15, 0.2) is 0 Å². The Balaban J connectivity index is 2.61. The molecular weight excluding hydrogens is 198 g/mol. The summed E-state index contributed by atoms with van der Waals surface area (Å²) in [4.78, 5) is 4.46. The van der Waals surface area contributed by atoms with Crippen LogP contribution in [-0.2, 0) is 12.5 Å². The standard InChI is InChI=1S/C13H25N3/c1-6-7-14-11(2)10-13(3,4)12-15-8-9-16(12)5/h8-9,11,14H,6-7,10H2,1-5H3. The van der Waals surface area contributed by atoms with Crippen LogP contribution in [0, 0.1) is 0 Å². The van der Waals surface area contributed by atoms with Crippen molar-refractivity contribution in [2.24, 2.45) is 7.05 Å². The third-order valence-corrected chi connectivity index (χ3v) is 2.99. The van der Waals surface area contributed by atoms with E-state index in [0.29, 0.717) is 6.04 Å². The summed E-state index contributed by atoms with van der Waals surface area (Å²) in [6.45, 7) is 10.1. The molecule has 3 heteroatoms. The van der Waals surface area contributed by atoms with E-state index in [0.717, 1.165) is 18.8 Å². The zero-order valence-corrected chi connectivity index (χ0v) is 11.2. The predicted molar refractivity (Wildman–Crippen MR) is 68.6 cm³/mol. The van der Waals surface area contributed by atoms with E-state index in [2.05, 4.69) is 49.6 Å². The summed E-state index contributed by atoms with van der Waals surface area (Å²) in [5, 5.41) is 3.53. The van der Waals surface area contributed by atoms with E-state index in [4.69, 9.17) is 0 Å². The molecule has 3 nitrogen and oxygen atoms in total. The van der Waals surface area contributed by atoms with Crippen molar-refractivity contribution in [3.63, 3.8) is 0 Å². The Morgan fingerprint density at radius 1 is 1.50 bits per heavy atom. The van der Waals surface area contributed by atoms with Crippen molar-refractivity contribution in [1.29, 1.82) is 0 Å². The van der Waals surface area contributed by atoms with Gasteiger partial charge in [-0.1, -0.05) is 20.8 Å². The molecule has 1 atom stereocenters. The smallest absolute Gasteiger partial charge is 0.114 e. The van der Waals surface area contributed by atoms with Crippen molar-refractivity contribution < 1.29 is 0 Å². The van der Waals surface area contributed by atoms with Gasteiger partial charge in [-0.3, -0.25) is 0 Å². The SMILES string of the molecule is CCCNC(C)CC(C)(C)c1nccn1C. The molecule has 0 aromatic carbocycles. The number of aromatic nitrogens is 2. The van der Waals surface area contributed by atoms with Gasteiger partial charge in [0.05, 0.1) is 0 Å². The first-order chi connectivity index (χ1) is 7.47. The normalized spacial score (nSPS) is 14.1. The molecule has 0 aliphatic heterocycles. The van der Waals surface area contributed by atoms with Crippen molar-refractivity contribution in [1.82, 2.24) is 14.9 Å². The van der Waals surface area contributed by atoms with E-state index >= 15 is 0 Å². The fourth-order valence-corrected chi connectivity index (χ4v) is 2.34. The third kappa shape index (κ3) is 3.34. The molecule has 16 heavy (non-hydrogen) atoms. The van der Waals surface area contributed by atoms with Crippen molar-refractivity contribution in [2.75, 3.05) is 6.54 Å². The van der Waals surface area contributed by atoms with Gasteiger partial charge in [-0.2, -0.15) is 0 Å². The highest BCUT2D eigenvalue weighted by Gasteiger charge is 2.26. The van der Waals surface area contributed by atoms with Gasteiger partial charge in [0.2, 0.25) is 0 Å². The number of imidazole rings is 1. The lowest BCUT2D eigenvalue weighted by atomic mass is 9.85. The Labute approximate surface area is 99.3 Å². The second kappa shape index (κ2) is 5.48. The molecule has 92 valence electrons. The molecule has 0 aliphatic carbocycles. The van der Waals surface area contributed by atoms with E-state index in [1.165, 1.54) is 6.42 Å². The fraction of sp³-hybridized carbons (Fsp3) is 0.769. The maximum absolute atomic E-state index is 4.46. The number of rotatable bonds is 6. The maximum Gasteiger partial charge on any atom is 0.114 e. The van der Waals surface area contributed by atoms with Crippen LogP contribution >= 0.6 is 0 Å². The first-order valence-corrected chi connectivity index (χ1v) is 6.18. The summed E-state index contributed by atoms with van der Waals surface area (Å²) in [7, 11) is 2.06. The average molecular weight is 223 g/mol. The van der Waals surface area contributed by atoms with Crippen molar-refractivity contribution in [2.45, 2.75) is 52.0 Å². The minimum absolute atomic E-state index is 0.123. The fourth-order valence-electron chi connectivity index (χ4n) is 2.34. The van der Waals surface area contributed by atoms with Crippen LogP contribution in [0.1, 0.15) is 46.4 Å². The molecule has 1 N–H and O–H groups in total. The number of hydrogen-bond acceptors (Lipinski definition) is 2. The van der Waals surface area contributed by atoms with Crippen molar-refractivity contribution in [3.05, 3.63) is 18.2 Å². The molecule has 1 aromatic heterocycles. The van der Waals surface area contributed by atoms with E-state index in [1.807, 2.05) is 12.4 Å². The highest BCUT2D eigenvalue weighted by atomic mass is 15.0. The number of hydrogen-bond donors (Lipinski definition) is 1. The van der Waals surface area contributed by atoms with Crippen LogP contribution < -0.4 is 5.32 Å². The molecule has 0 aliphatic rings. The molecule has 0 bridgehead atoms. The number of nitrogens with zero attached hydrogens (tertiary/aromatic N) is 2. The highest BCUT2D eigenvalue weighted by molar-refractivity contribution is 5.07. The number of nitrogens with one attached hydrogen (secondary N) is 1. The molecule has 0 fully saturated rings. The molecule has 1 rings (SSSR count). The van der Waals surface area contributed by atoms with E-state index in [-0.39, 0.29) is 5.41 Å². The van der Waals surface area contributed by atoms with Crippen LogP contribution in [0.5, 0.6) is 0 Å². The van der Waals surface area contributed by atoms with Crippen LogP contribution in [0.3, 0.4) is 0 Å². The molecule has 0 amide bonds. The topological polar surface area (TPSA) is 29.9 Å². The molecular formula is C13H25N3. The van der Waals surface area contributed by atoms with E-state index < -0.39 is 0 Å². The lowest BCUT2D eigenvalue weighted by Crippen LogP contribution is -2.35. The minimum atomic E-state index is 0.123. The summed E-state index contributed by atoms with van der Waals surface area (Å²) in [6, 6.07) is 0.534. The summed E-state index contributed by atoms with van der Waals surface area (Å²) in [5.74, 6) is 1.16. The zero-order valence-electron chi connectivity index (χ0n) is 11.2. The summed E-state index contributed by atoms with van der Waals surface area (Å²) >= 11 is 0. The van der Waals surface area contributed by atoms with Crippen LogP contribution in [0.15, 0.2) is 12.4 Å². The highest BCUT2D eigenvalue weighted by Crippen LogP contribution is 2.26. The summed E-state index contributed by atoms with van der Waals surface area (Å²) in [6.07, 6.45) is 6.19. The second-order valence-corrected chi connectivity index (χ2v) is 5.30. The Kier molecular flexibility index (Phi) is 4.54. The van der Waals surface area contributed by atoms with E-state index in [1.54, 1.807) is 0 Å². The largest absolute Gasteiger partial charge is 0.338 e. The lowest BCUT2D eigenvalue weighted by Gasteiger charge is -2.28. The quantitative estimate of drug-likeness (QED) is 0.803. The van der Waals surface area contributed by atoms with Crippen LogP contribution in [0.25, 0.3) is 0 Å². The van der Waals surface area contributed by atoms with Crippen LogP contribution in [0.2, 0.25) is 0 Å². The van der Waals surface area contributed by atoms with Gasteiger partial charge in [-0.05, 0) is 26.3 Å². The zero-order chi connectivity index (χ0) is 12.2. The van der Waals surface area contributed by atoms with Gasteiger partial charge in [0.1, 0.15) is 5.82 Å². The maximum atomic E-state index is 4.46. The molecule has 1 heterocycles. The first kappa shape index (κ1) is 13.2. The molecule has 0 saturated heterocycles. The monoisotopic (exact) mass is 223 g/mol. The average Bonchev–Trinajstić information content (AvgIpc) is 2.61. The van der Waals surface area contributed by atoms with E-state index in [9.17, 15) is 0 Å². The second-order valence-electron chi connectivity index (χ2n) is 5.30. The molecule has 0 spiro atoms. The predicted octanol–water partition coefficient (Wildman–Crippen LogP) is 2.48. The van der Waals surface area contributed by atoms with Gasteiger partial charge >= 0.3 is 0 Å². The summed E-state index contributed by atoms with van der Waals surface area (Å²) in [5.41, 5.74) is 0.123. The Morgan fingerprint density at radius 3 is 2.69 bits per heavy atom. The van der Waals surface area contributed by atoms with Gasteiger partial charge in [0, 0.05) is 30.9 Å². The Hall–Kier alpha value is -0.830. The van der Waals surface area contributed by atoms with Crippen LogP contribution in [0.4, 0.5) is 0 Å². The molecule has 0 saturated carbocycles.